The fraction of sp³-hybridized carbons (Fsp3) is 0.900. The highest BCUT2D eigenvalue weighted by Gasteiger charge is 2.38. The SMILES string of the molecule is CCCC1CCC2CC(C3CC=C(CC)OC3)CCC2C1. The van der Waals surface area contributed by atoms with Gasteiger partial charge in [0.05, 0.1) is 12.4 Å². The Morgan fingerprint density at radius 3 is 2.33 bits per heavy atom. The van der Waals surface area contributed by atoms with E-state index in [-0.39, 0.29) is 0 Å². The number of fused-ring (bicyclic) bond motifs is 1. The Morgan fingerprint density at radius 2 is 1.67 bits per heavy atom. The summed E-state index contributed by atoms with van der Waals surface area (Å²) in [7, 11) is 0. The van der Waals surface area contributed by atoms with Crippen LogP contribution in [0, 0.1) is 29.6 Å². The van der Waals surface area contributed by atoms with Crippen molar-refractivity contribution in [1.82, 2.24) is 0 Å². The zero-order valence-electron chi connectivity index (χ0n) is 14.2. The first-order valence-electron chi connectivity index (χ1n) is 9.61. The van der Waals surface area contributed by atoms with Gasteiger partial charge in [-0.1, -0.05) is 33.1 Å². The maximum Gasteiger partial charge on any atom is 0.0917 e. The van der Waals surface area contributed by atoms with E-state index in [4.69, 9.17) is 4.74 Å². The van der Waals surface area contributed by atoms with E-state index in [0.29, 0.717) is 0 Å². The molecular formula is C20H34O. The number of hydrogen-bond donors (Lipinski definition) is 0. The van der Waals surface area contributed by atoms with Crippen molar-refractivity contribution < 1.29 is 4.74 Å². The summed E-state index contributed by atoms with van der Waals surface area (Å²) in [5.74, 6) is 6.17. The second-order valence-electron chi connectivity index (χ2n) is 7.89. The first kappa shape index (κ1) is 15.4. The lowest BCUT2D eigenvalue weighted by atomic mass is 9.62. The second kappa shape index (κ2) is 7.20. The van der Waals surface area contributed by atoms with Gasteiger partial charge >= 0.3 is 0 Å². The minimum atomic E-state index is 0.814. The molecule has 1 nitrogen and oxygen atoms in total. The first-order valence-corrected chi connectivity index (χ1v) is 9.61. The minimum Gasteiger partial charge on any atom is -0.498 e. The Balaban J connectivity index is 1.51. The molecule has 0 spiro atoms. The standard InChI is InChI=1S/C20H34O/c1-3-5-15-6-7-17-13-18(9-8-16(17)12-15)19-10-11-20(4-2)21-14-19/h11,15-19H,3-10,12-14H2,1-2H3. The van der Waals surface area contributed by atoms with E-state index in [2.05, 4.69) is 19.9 Å². The van der Waals surface area contributed by atoms with Gasteiger partial charge in [-0.25, -0.2) is 0 Å². The molecule has 0 aromatic rings. The Kier molecular flexibility index (Phi) is 5.29. The molecule has 0 N–H and O–H groups in total. The van der Waals surface area contributed by atoms with Gasteiger partial charge in [0.15, 0.2) is 0 Å². The van der Waals surface area contributed by atoms with Crippen LogP contribution in [0.4, 0.5) is 0 Å². The van der Waals surface area contributed by atoms with Gasteiger partial charge in [-0.15, -0.1) is 0 Å². The third-order valence-electron chi connectivity index (χ3n) is 6.61. The average molecular weight is 290 g/mol. The number of hydrogen-bond acceptors (Lipinski definition) is 1. The maximum atomic E-state index is 5.94. The van der Waals surface area contributed by atoms with Crippen LogP contribution in [0.1, 0.15) is 78.1 Å². The summed E-state index contributed by atoms with van der Waals surface area (Å²) in [6, 6.07) is 0. The number of rotatable bonds is 4. The first-order chi connectivity index (χ1) is 10.3. The minimum absolute atomic E-state index is 0.814. The van der Waals surface area contributed by atoms with E-state index in [9.17, 15) is 0 Å². The molecule has 0 bridgehead atoms. The molecule has 120 valence electrons. The lowest BCUT2D eigenvalue weighted by Crippen LogP contribution is -2.35. The van der Waals surface area contributed by atoms with Crippen molar-refractivity contribution in [3.63, 3.8) is 0 Å². The predicted octanol–water partition coefficient (Wildman–Crippen LogP) is 5.95. The van der Waals surface area contributed by atoms with Gasteiger partial charge in [0.25, 0.3) is 0 Å². The molecule has 0 radical (unpaired) electrons. The molecule has 2 saturated carbocycles. The third kappa shape index (κ3) is 3.66. The van der Waals surface area contributed by atoms with Crippen molar-refractivity contribution in [3.05, 3.63) is 11.8 Å². The normalized spacial score (nSPS) is 40.1. The maximum absolute atomic E-state index is 5.94. The summed E-state index contributed by atoms with van der Waals surface area (Å²) in [4.78, 5) is 0. The zero-order valence-corrected chi connectivity index (χ0v) is 14.2. The highest BCUT2D eigenvalue weighted by Crippen LogP contribution is 2.48. The predicted molar refractivity (Wildman–Crippen MR) is 89.0 cm³/mol. The largest absolute Gasteiger partial charge is 0.498 e. The Labute approximate surface area is 131 Å². The highest BCUT2D eigenvalue weighted by molar-refractivity contribution is 4.99. The van der Waals surface area contributed by atoms with Crippen LogP contribution in [0.15, 0.2) is 11.8 Å². The molecule has 5 unspecified atom stereocenters. The molecule has 3 aliphatic rings. The Morgan fingerprint density at radius 1 is 0.952 bits per heavy atom. The van der Waals surface area contributed by atoms with Gasteiger partial charge in [-0.05, 0) is 74.2 Å². The summed E-state index contributed by atoms with van der Waals surface area (Å²) < 4.78 is 5.94. The summed E-state index contributed by atoms with van der Waals surface area (Å²) in [5, 5.41) is 0. The summed E-state index contributed by atoms with van der Waals surface area (Å²) >= 11 is 0. The van der Waals surface area contributed by atoms with E-state index in [1.54, 1.807) is 6.42 Å². The molecule has 0 amide bonds. The number of allylic oxidation sites excluding steroid dienone is 2. The molecule has 2 aliphatic carbocycles. The van der Waals surface area contributed by atoms with Crippen LogP contribution in [0.3, 0.4) is 0 Å². The Hall–Kier alpha value is -0.460. The molecule has 2 fully saturated rings. The Bertz CT molecular complexity index is 359. The van der Waals surface area contributed by atoms with E-state index in [1.807, 2.05) is 0 Å². The molecule has 0 saturated heterocycles. The summed E-state index contributed by atoms with van der Waals surface area (Å²) in [5.41, 5.74) is 0. The van der Waals surface area contributed by atoms with Crippen LogP contribution in [-0.2, 0) is 4.74 Å². The molecule has 1 heterocycles. The van der Waals surface area contributed by atoms with E-state index in [0.717, 1.165) is 42.6 Å². The van der Waals surface area contributed by atoms with Crippen molar-refractivity contribution in [2.24, 2.45) is 29.6 Å². The van der Waals surface area contributed by atoms with Gasteiger partial charge in [-0.2, -0.15) is 0 Å². The summed E-state index contributed by atoms with van der Waals surface area (Å²) in [6.45, 7) is 5.55. The summed E-state index contributed by atoms with van der Waals surface area (Å²) in [6.07, 6.45) is 16.7. The van der Waals surface area contributed by atoms with Gasteiger partial charge in [0, 0.05) is 6.42 Å². The van der Waals surface area contributed by atoms with Crippen molar-refractivity contribution in [3.8, 4) is 0 Å². The third-order valence-corrected chi connectivity index (χ3v) is 6.61. The van der Waals surface area contributed by atoms with Crippen LogP contribution in [-0.4, -0.2) is 6.61 Å². The monoisotopic (exact) mass is 290 g/mol. The second-order valence-corrected chi connectivity index (χ2v) is 7.89. The van der Waals surface area contributed by atoms with Gasteiger partial charge in [0.1, 0.15) is 0 Å². The smallest absolute Gasteiger partial charge is 0.0917 e. The van der Waals surface area contributed by atoms with E-state index in [1.165, 1.54) is 57.1 Å². The highest BCUT2D eigenvalue weighted by atomic mass is 16.5. The lowest BCUT2D eigenvalue weighted by Gasteiger charge is -2.44. The van der Waals surface area contributed by atoms with Crippen LogP contribution >= 0.6 is 0 Å². The zero-order chi connectivity index (χ0) is 14.7. The van der Waals surface area contributed by atoms with Crippen LogP contribution in [0.25, 0.3) is 0 Å². The lowest BCUT2D eigenvalue weighted by molar-refractivity contribution is 0.0395. The van der Waals surface area contributed by atoms with Crippen LogP contribution < -0.4 is 0 Å². The molecule has 1 aliphatic heterocycles. The van der Waals surface area contributed by atoms with E-state index < -0.39 is 0 Å². The van der Waals surface area contributed by atoms with Crippen LogP contribution in [0.2, 0.25) is 0 Å². The van der Waals surface area contributed by atoms with Gasteiger partial charge in [0.2, 0.25) is 0 Å². The average Bonchev–Trinajstić information content (AvgIpc) is 2.55. The van der Waals surface area contributed by atoms with Gasteiger partial charge < -0.3 is 4.74 Å². The molecule has 0 aromatic heterocycles. The topological polar surface area (TPSA) is 9.23 Å². The van der Waals surface area contributed by atoms with Crippen molar-refractivity contribution >= 4 is 0 Å². The fourth-order valence-corrected chi connectivity index (χ4v) is 5.32. The molecule has 0 aromatic carbocycles. The fourth-order valence-electron chi connectivity index (χ4n) is 5.32. The van der Waals surface area contributed by atoms with Crippen molar-refractivity contribution in [2.75, 3.05) is 6.61 Å². The molecule has 1 heteroatoms. The molecular weight excluding hydrogens is 256 g/mol. The molecule has 5 atom stereocenters. The molecule has 3 rings (SSSR count). The van der Waals surface area contributed by atoms with E-state index >= 15 is 0 Å². The van der Waals surface area contributed by atoms with Crippen LogP contribution in [0.5, 0.6) is 0 Å². The molecule has 21 heavy (non-hydrogen) atoms. The van der Waals surface area contributed by atoms with Crippen molar-refractivity contribution in [1.29, 1.82) is 0 Å². The quantitative estimate of drug-likeness (QED) is 0.621. The van der Waals surface area contributed by atoms with Crippen molar-refractivity contribution in [2.45, 2.75) is 78.1 Å². The van der Waals surface area contributed by atoms with Gasteiger partial charge in [-0.3, -0.25) is 0 Å². The number of ether oxygens (including phenoxy) is 1.